The highest BCUT2D eigenvalue weighted by molar-refractivity contribution is 7.99. The third-order valence-electron chi connectivity index (χ3n) is 5.63. The number of piperidine rings is 1. The molecule has 4 rings (SSSR count). The molecule has 1 aliphatic rings. The van der Waals surface area contributed by atoms with E-state index in [9.17, 15) is 9.59 Å². The average Bonchev–Trinajstić information content (AvgIpc) is 3.30. The molecule has 1 fully saturated rings. The maximum absolute atomic E-state index is 13.1. The molecule has 1 amide bonds. The highest BCUT2D eigenvalue weighted by Crippen LogP contribution is 2.25. The summed E-state index contributed by atoms with van der Waals surface area (Å²) in [6, 6.07) is 9.25. The molecule has 0 bridgehead atoms. The molecule has 0 radical (unpaired) electrons. The van der Waals surface area contributed by atoms with E-state index in [0.29, 0.717) is 40.0 Å². The number of carbonyl (C=O) groups is 1. The molecule has 176 valence electrons. The number of para-hydroxylation sites is 2. The van der Waals surface area contributed by atoms with Crippen molar-refractivity contribution in [3.05, 3.63) is 46.1 Å². The lowest BCUT2D eigenvalue weighted by Crippen LogP contribution is -2.32. The van der Waals surface area contributed by atoms with Crippen LogP contribution in [0.15, 0.2) is 45.7 Å². The van der Waals surface area contributed by atoms with Crippen LogP contribution in [-0.4, -0.2) is 52.4 Å². The van der Waals surface area contributed by atoms with E-state index in [4.69, 9.17) is 9.72 Å². The second-order valence-corrected chi connectivity index (χ2v) is 9.87. The Morgan fingerprint density at radius 3 is 2.82 bits per heavy atom. The van der Waals surface area contributed by atoms with Crippen molar-refractivity contribution in [1.82, 2.24) is 14.5 Å². The van der Waals surface area contributed by atoms with E-state index in [1.54, 1.807) is 4.57 Å². The van der Waals surface area contributed by atoms with Crippen molar-refractivity contribution in [3.63, 3.8) is 0 Å². The second kappa shape index (κ2) is 11.7. The number of hydrogen-bond donors (Lipinski definition) is 1. The lowest BCUT2D eigenvalue weighted by molar-refractivity contribution is -0.113. The van der Waals surface area contributed by atoms with Crippen molar-refractivity contribution >= 4 is 44.9 Å². The van der Waals surface area contributed by atoms with Gasteiger partial charge in [-0.15, -0.1) is 11.3 Å². The van der Waals surface area contributed by atoms with Crippen LogP contribution in [0.3, 0.4) is 0 Å². The van der Waals surface area contributed by atoms with Gasteiger partial charge in [-0.05, 0) is 69.4 Å². The number of anilines is 1. The average molecular weight is 487 g/mol. The zero-order valence-electron chi connectivity index (χ0n) is 18.9. The number of ether oxygens (including phenoxy) is 1. The summed E-state index contributed by atoms with van der Waals surface area (Å²) in [5.74, 6) is 0.645. The molecule has 1 saturated heterocycles. The van der Waals surface area contributed by atoms with Gasteiger partial charge in [0.05, 0.1) is 23.6 Å². The van der Waals surface area contributed by atoms with Gasteiger partial charge in [-0.1, -0.05) is 30.3 Å². The van der Waals surface area contributed by atoms with Crippen molar-refractivity contribution in [1.29, 1.82) is 0 Å². The quantitative estimate of drug-likeness (QED) is 0.337. The van der Waals surface area contributed by atoms with E-state index < -0.39 is 0 Å². The molecule has 3 aromatic rings. The predicted molar refractivity (Wildman–Crippen MR) is 136 cm³/mol. The molecule has 0 unspecified atom stereocenters. The number of benzene rings is 1. The lowest BCUT2D eigenvalue weighted by Gasteiger charge is -2.26. The smallest absolute Gasteiger partial charge is 0.272 e. The van der Waals surface area contributed by atoms with Crippen molar-refractivity contribution in [3.8, 4) is 5.75 Å². The number of likely N-dealkylation sites (tertiary alicyclic amines) is 1. The highest BCUT2D eigenvalue weighted by atomic mass is 32.2. The van der Waals surface area contributed by atoms with Crippen molar-refractivity contribution in [2.75, 3.05) is 37.3 Å². The molecule has 0 saturated carbocycles. The van der Waals surface area contributed by atoms with Crippen LogP contribution in [0.4, 0.5) is 5.69 Å². The second-order valence-electron chi connectivity index (χ2n) is 8.01. The largest absolute Gasteiger partial charge is 0.492 e. The SMILES string of the molecule is CCOc1ccccc1NC(=O)CSc1nc2ccsc2c(=O)n1CCCN1CCCCC1. The number of nitrogens with one attached hydrogen (secondary N) is 1. The minimum absolute atomic E-state index is 0.0155. The maximum atomic E-state index is 13.1. The van der Waals surface area contributed by atoms with E-state index in [0.717, 1.165) is 26.1 Å². The van der Waals surface area contributed by atoms with Gasteiger partial charge < -0.3 is 15.0 Å². The van der Waals surface area contributed by atoms with Crippen molar-refractivity contribution in [2.24, 2.45) is 0 Å². The van der Waals surface area contributed by atoms with Crippen LogP contribution in [-0.2, 0) is 11.3 Å². The summed E-state index contributed by atoms with van der Waals surface area (Å²) in [6.07, 6.45) is 4.71. The molecule has 1 N–H and O–H groups in total. The summed E-state index contributed by atoms with van der Waals surface area (Å²) in [4.78, 5) is 33.0. The Hall–Kier alpha value is -2.36. The van der Waals surface area contributed by atoms with Gasteiger partial charge in [0.1, 0.15) is 10.4 Å². The molecular weight excluding hydrogens is 456 g/mol. The predicted octanol–water partition coefficient (Wildman–Crippen LogP) is 4.46. The standard InChI is InChI=1S/C24H30N4O3S2/c1-2-31-20-10-5-4-9-18(20)25-21(29)17-33-24-26-19-11-16-32-22(19)23(30)28(24)15-8-14-27-12-6-3-7-13-27/h4-5,9-11,16H,2-3,6-8,12-15,17H2,1H3,(H,25,29). The first-order valence-electron chi connectivity index (χ1n) is 11.5. The molecule has 33 heavy (non-hydrogen) atoms. The Morgan fingerprint density at radius 2 is 2.00 bits per heavy atom. The van der Waals surface area contributed by atoms with Crippen LogP contribution in [0.5, 0.6) is 5.75 Å². The van der Waals surface area contributed by atoms with Gasteiger partial charge >= 0.3 is 0 Å². The minimum atomic E-state index is -0.160. The molecule has 0 aliphatic carbocycles. The molecule has 3 heterocycles. The van der Waals surface area contributed by atoms with Gasteiger partial charge in [-0.2, -0.15) is 0 Å². The number of hydrogen-bond acceptors (Lipinski definition) is 7. The normalized spacial score (nSPS) is 14.5. The lowest BCUT2D eigenvalue weighted by atomic mass is 10.1. The Kier molecular flexibility index (Phi) is 8.41. The molecular formula is C24H30N4O3S2. The summed E-state index contributed by atoms with van der Waals surface area (Å²) in [5.41, 5.74) is 1.32. The number of rotatable bonds is 10. The first kappa shape index (κ1) is 23.8. The van der Waals surface area contributed by atoms with Crippen LogP contribution in [0, 0.1) is 0 Å². The van der Waals surface area contributed by atoms with Gasteiger partial charge in [0.25, 0.3) is 5.56 Å². The number of carbonyl (C=O) groups excluding carboxylic acids is 1. The van der Waals surface area contributed by atoms with Crippen LogP contribution in [0.1, 0.15) is 32.6 Å². The first-order valence-corrected chi connectivity index (χ1v) is 13.4. The number of fused-ring (bicyclic) bond motifs is 1. The van der Waals surface area contributed by atoms with E-state index in [1.807, 2.05) is 42.6 Å². The fourth-order valence-electron chi connectivity index (χ4n) is 4.03. The summed E-state index contributed by atoms with van der Waals surface area (Å²) in [5, 5.41) is 5.40. The molecule has 0 atom stereocenters. The Balaban J connectivity index is 1.44. The van der Waals surface area contributed by atoms with E-state index in [-0.39, 0.29) is 17.2 Å². The van der Waals surface area contributed by atoms with Crippen molar-refractivity contribution in [2.45, 2.75) is 44.3 Å². The first-order chi connectivity index (χ1) is 16.2. The number of amides is 1. The van der Waals surface area contributed by atoms with Gasteiger partial charge in [0.2, 0.25) is 5.91 Å². The Bertz CT molecular complexity index is 1140. The minimum Gasteiger partial charge on any atom is -0.492 e. The fourth-order valence-corrected chi connectivity index (χ4v) is 5.64. The number of thioether (sulfide) groups is 1. The molecule has 1 aliphatic heterocycles. The maximum Gasteiger partial charge on any atom is 0.272 e. The van der Waals surface area contributed by atoms with Crippen LogP contribution in [0.2, 0.25) is 0 Å². The topological polar surface area (TPSA) is 76.5 Å². The molecule has 7 nitrogen and oxygen atoms in total. The zero-order valence-corrected chi connectivity index (χ0v) is 20.6. The number of aromatic nitrogens is 2. The fraction of sp³-hybridized carbons (Fsp3) is 0.458. The van der Waals surface area contributed by atoms with Crippen LogP contribution >= 0.6 is 23.1 Å². The van der Waals surface area contributed by atoms with Crippen LogP contribution in [0.25, 0.3) is 10.2 Å². The van der Waals surface area contributed by atoms with Gasteiger partial charge in [-0.3, -0.25) is 14.2 Å². The summed E-state index contributed by atoms with van der Waals surface area (Å²) in [6.45, 7) is 6.30. The van der Waals surface area contributed by atoms with Gasteiger partial charge in [0, 0.05) is 6.54 Å². The summed E-state index contributed by atoms with van der Waals surface area (Å²) in [7, 11) is 0. The van der Waals surface area contributed by atoms with Crippen molar-refractivity contribution < 1.29 is 9.53 Å². The summed E-state index contributed by atoms with van der Waals surface area (Å²) >= 11 is 2.72. The van der Waals surface area contributed by atoms with E-state index in [1.165, 1.54) is 42.4 Å². The molecule has 1 aromatic carbocycles. The third kappa shape index (κ3) is 6.16. The van der Waals surface area contributed by atoms with Gasteiger partial charge in [0.15, 0.2) is 5.16 Å². The molecule has 0 spiro atoms. The Morgan fingerprint density at radius 1 is 1.18 bits per heavy atom. The highest BCUT2D eigenvalue weighted by Gasteiger charge is 2.16. The molecule has 9 heteroatoms. The monoisotopic (exact) mass is 486 g/mol. The number of thiophene rings is 1. The number of nitrogens with zero attached hydrogens (tertiary/aromatic N) is 3. The summed E-state index contributed by atoms with van der Waals surface area (Å²) < 4.78 is 8.01. The van der Waals surface area contributed by atoms with E-state index in [2.05, 4.69) is 10.2 Å². The Labute approximate surface area is 202 Å². The van der Waals surface area contributed by atoms with E-state index >= 15 is 0 Å². The molecule has 2 aromatic heterocycles. The third-order valence-corrected chi connectivity index (χ3v) is 7.50. The zero-order chi connectivity index (χ0) is 23.0. The van der Waals surface area contributed by atoms with Crippen LogP contribution < -0.4 is 15.6 Å². The van der Waals surface area contributed by atoms with Gasteiger partial charge in [-0.25, -0.2) is 4.98 Å².